The van der Waals surface area contributed by atoms with Crippen molar-refractivity contribution in [2.75, 3.05) is 0 Å². The maximum atomic E-state index is 13.0. The van der Waals surface area contributed by atoms with Crippen molar-refractivity contribution in [3.63, 3.8) is 0 Å². The summed E-state index contributed by atoms with van der Waals surface area (Å²) in [7, 11) is 1.79. The van der Waals surface area contributed by atoms with Crippen molar-refractivity contribution in [2.45, 2.75) is 72.4 Å². The van der Waals surface area contributed by atoms with Gasteiger partial charge in [0.1, 0.15) is 0 Å². The largest absolute Gasteiger partial charge is 0.330 e. The summed E-state index contributed by atoms with van der Waals surface area (Å²) in [5.74, 6) is 0.338. The van der Waals surface area contributed by atoms with Crippen LogP contribution < -0.4 is 10.4 Å². The van der Waals surface area contributed by atoms with Gasteiger partial charge in [-0.05, 0) is 53.7 Å². The lowest BCUT2D eigenvalue weighted by molar-refractivity contribution is 0.0924. The maximum Gasteiger partial charge on any atom is 0.330 e. The van der Waals surface area contributed by atoms with Gasteiger partial charge in [-0.15, -0.1) is 0 Å². The van der Waals surface area contributed by atoms with Crippen molar-refractivity contribution in [3.8, 4) is 0 Å². The minimum atomic E-state index is -2.12. The number of imidazole rings is 1. The number of pyridine rings is 1. The maximum absolute atomic E-state index is 13.0. The summed E-state index contributed by atoms with van der Waals surface area (Å²) < 4.78 is 28.0. The molecule has 8 heteroatoms. The molecular formula is C27H38N4O3S. The van der Waals surface area contributed by atoms with Gasteiger partial charge in [0.25, 0.3) is 0 Å². The number of benzene rings is 1. The third-order valence-corrected chi connectivity index (χ3v) is 7.98. The first kappa shape index (κ1) is 25.8. The SMILES string of the molecule is Cn1c(=O)n(CC(C)(C)C)c2ccc(C3CCC(C)(C)C(C(NS(=O)O)c4ccccc4)C3)nc21. The van der Waals surface area contributed by atoms with E-state index >= 15 is 0 Å². The summed E-state index contributed by atoms with van der Waals surface area (Å²) >= 11 is -2.12. The summed E-state index contributed by atoms with van der Waals surface area (Å²) in [4.78, 5) is 18.0. The molecule has 0 amide bonds. The highest BCUT2D eigenvalue weighted by Crippen LogP contribution is 2.51. The van der Waals surface area contributed by atoms with Gasteiger partial charge in [-0.2, -0.15) is 0 Å². The molecule has 1 fully saturated rings. The molecule has 0 aliphatic heterocycles. The van der Waals surface area contributed by atoms with Gasteiger partial charge in [0.2, 0.25) is 11.3 Å². The lowest BCUT2D eigenvalue weighted by Gasteiger charge is -2.46. The molecule has 2 N–H and O–H groups in total. The zero-order chi connectivity index (χ0) is 25.5. The fourth-order valence-electron chi connectivity index (χ4n) is 5.62. The normalized spacial score (nSPS) is 22.3. The van der Waals surface area contributed by atoms with Crippen LogP contribution in [0.15, 0.2) is 47.3 Å². The molecule has 1 aliphatic carbocycles. The highest BCUT2D eigenvalue weighted by molar-refractivity contribution is 7.77. The van der Waals surface area contributed by atoms with E-state index in [9.17, 15) is 13.6 Å². The van der Waals surface area contributed by atoms with Crippen LogP contribution in [0.4, 0.5) is 0 Å². The van der Waals surface area contributed by atoms with E-state index in [1.165, 1.54) is 0 Å². The molecule has 190 valence electrons. The Morgan fingerprint density at radius 1 is 1.20 bits per heavy atom. The number of rotatable bonds is 6. The van der Waals surface area contributed by atoms with Crippen molar-refractivity contribution in [2.24, 2.45) is 23.8 Å². The standard InChI is InChI=1S/C27H38N4O3S/c1-26(2,3)17-31-22-13-12-21(28-24(22)30(6)25(31)32)19-14-15-27(4,5)20(16-19)23(29-35(33)34)18-10-8-7-9-11-18/h7-13,19-20,23,29H,14-17H2,1-6H3,(H,33,34). The molecule has 7 nitrogen and oxygen atoms in total. The lowest BCUT2D eigenvalue weighted by atomic mass is 9.61. The van der Waals surface area contributed by atoms with E-state index in [0.29, 0.717) is 12.2 Å². The number of nitrogens with zero attached hydrogens (tertiary/aromatic N) is 3. The number of hydrogen-bond acceptors (Lipinski definition) is 3. The summed E-state index contributed by atoms with van der Waals surface area (Å²) in [6.07, 6.45) is 2.81. The molecule has 2 heterocycles. The Labute approximate surface area is 210 Å². The summed E-state index contributed by atoms with van der Waals surface area (Å²) in [6.45, 7) is 11.5. The predicted octanol–water partition coefficient (Wildman–Crippen LogP) is 5.16. The molecule has 3 aromatic rings. The van der Waals surface area contributed by atoms with Crippen LogP contribution in [0, 0.1) is 16.7 Å². The van der Waals surface area contributed by atoms with Crippen LogP contribution in [0.3, 0.4) is 0 Å². The molecule has 1 saturated carbocycles. The minimum Gasteiger partial charge on any atom is -0.294 e. The second-order valence-corrected chi connectivity index (χ2v) is 12.6. The third-order valence-electron chi connectivity index (χ3n) is 7.52. The molecule has 0 bridgehead atoms. The van der Waals surface area contributed by atoms with Gasteiger partial charge >= 0.3 is 5.69 Å². The van der Waals surface area contributed by atoms with Crippen molar-refractivity contribution in [1.82, 2.24) is 18.8 Å². The molecule has 0 saturated heterocycles. The summed E-state index contributed by atoms with van der Waals surface area (Å²) in [6, 6.07) is 13.8. The van der Waals surface area contributed by atoms with Crippen molar-refractivity contribution in [3.05, 3.63) is 64.2 Å². The van der Waals surface area contributed by atoms with E-state index in [4.69, 9.17) is 4.98 Å². The molecule has 0 radical (unpaired) electrons. The Kier molecular flexibility index (Phi) is 7.10. The second-order valence-electron chi connectivity index (χ2n) is 11.9. The molecule has 4 unspecified atom stereocenters. The van der Waals surface area contributed by atoms with Gasteiger partial charge < -0.3 is 0 Å². The zero-order valence-corrected chi connectivity index (χ0v) is 22.4. The van der Waals surface area contributed by atoms with Crippen LogP contribution >= 0.6 is 0 Å². The minimum absolute atomic E-state index is 0.0175. The second kappa shape index (κ2) is 9.64. The van der Waals surface area contributed by atoms with E-state index in [1.807, 2.05) is 41.0 Å². The highest BCUT2D eigenvalue weighted by Gasteiger charge is 2.42. The number of aryl methyl sites for hydroxylation is 1. The fraction of sp³-hybridized carbons (Fsp3) is 0.556. The average molecular weight is 499 g/mol. The smallest absolute Gasteiger partial charge is 0.294 e. The first-order valence-electron chi connectivity index (χ1n) is 12.4. The van der Waals surface area contributed by atoms with Gasteiger partial charge in [0.15, 0.2) is 5.65 Å². The number of fused-ring (bicyclic) bond motifs is 1. The predicted molar refractivity (Wildman–Crippen MR) is 141 cm³/mol. The van der Waals surface area contributed by atoms with Crippen LogP contribution in [0.1, 0.15) is 77.1 Å². The van der Waals surface area contributed by atoms with E-state index < -0.39 is 11.3 Å². The van der Waals surface area contributed by atoms with Gasteiger partial charge in [0, 0.05) is 31.2 Å². The van der Waals surface area contributed by atoms with Gasteiger partial charge in [0.05, 0.1) is 5.52 Å². The molecule has 4 atom stereocenters. The molecule has 35 heavy (non-hydrogen) atoms. The quantitative estimate of drug-likeness (QED) is 0.460. The van der Waals surface area contributed by atoms with Crippen LogP contribution in [0.25, 0.3) is 11.2 Å². The van der Waals surface area contributed by atoms with Gasteiger partial charge in [-0.3, -0.25) is 13.7 Å². The number of nitrogens with one attached hydrogen (secondary N) is 1. The summed E-state index contributed by atoms with van der Waals surface area (Å²) in [5.41, 5.74) is 3.50. The Hall–Kier alpha value is -2.29. The van der Waals surface area contributed by atoms with Crippen LogP contribution in [-0.2, 0) is 24.9 Å². The van der Waals surface area contributed by atoms with Crippen molar-refractivity contribution in [1.29, 1.82) is 0 Å². The molecule has 4 rings (SSSR count). The average Bonchev–Trinajstić information content (AvgIpc) is 3.01. The Morgan fingerprint density at radius 2 is 1.89 bits per heavy atom. The summed E-state index contributed by atoms with van der Waals surface area (Å²) in [5, 5.41) is 0. The zero-order valence-electron chi connectivity index (χ0n) is 21.6. The van der Waals surface area contributed by atoms with Crippen LogP contribution in [-0.4, -0.2) is 22.9 Å². The fourth-order valence-corrected chi connectivity index (χ4v) is 6.14. The van der Waals surface area contributed by atoms with Crippen LogP contribution in [0.2, 0.25) is 0 Å². The van der Waals surface area contributed by atoms with Gasteiger partial charge in [-0.1, -0.05) is 65.0 Å². The Morgan fingerprint density at radius 3 is 2.51 bits per heavy atom. The van der Waals surface area contributed by atoms with Crippen LogP contribution in [0.5, 0.6) is 0 Å². The van der Waals surface area contributed by atoms with E-state index in [0.717, 1.165) is 36.0 Å². The van der Waals surface area contributed by atoms with E-state index in [1.54, 1.807) is 11.6 Å². The first-order valence-corrected chi connectivity index (χ1v) is 13.5. The third kappa shape index (κ3) is 5.44. The van der Waals surface area contributed by atoms with Crippen molar-refractivity contribution < 1.29 is 8.76 Å². The Bertz CT molecular complexity index is 1270. The topological polar surface area (TPSA) is 89.2 Å². The molecular weight excluding hydrogens is 460 g/mol. The monoisotopic (exact) mass is 498 g/mol. The molecule has 1 aromatic carbocycles. The van der Waals surface area contributed by atoms with Gasteiger partial charge in [-0.25, -0.2) is 18.7 Å². The Balaban J connectivity index is 1.70. The lowest BCUT2D eigenvalue weighted by Crippen LogP contribution is -2.41. The molecule has 2 aromatic heterocycles. The first-order chi connectivity index (χ1) is 16.4. The van der Waals surface area contributed by atoms with E-state index in [-0.39, 0.29) is 34.4 Å². The number of hydrogen-bond donors (Lipinski definition) is 2. The van der Waals surface area contributed by atoms with Crippen molar-refractivity contribution >= 4 is 22.4 Å². The van der Waals surface area contributed by atoms with E-state index in [2.05, 4.69) is 45.4 Å². The number of aromatic nitrogens is 3. The molecule has 0 spiro atoms. The highest BCUT2D eigenvalue weighted by atomic mass is 32.2. The molecule has 1 aliphatic rings.